The summed E-state index contributed by atoms with van der Waals surface area (Å²) in [6.45, 7) is 0.530. The quantitative estimate of drug-likeness (QED) is 0.811. The Labute approximate surface area is 166 Å². The molecule has 0 aliphatic carbocycles. The molecule has 1 heterocycles. The second-order valence-electron chi connectivity index (χ2n) is 6.26. The Morgan fingerprint density at radius 2 is 1.71 bits per heavy atom. The third-order valence-electron chi connectivity index (χ3n) is 4.35. The van der Waals surface area contributed by atoms with Crippen molar-refractivity contribution in [2.24, 2.45) is 0 Å². The number of anilines is 1. The standard InChI is InChI=1S/C18H18ClF2N3O3S/c19-13-2-5-15(6-3-13)22-18(25)23-8-1-9-24(11-10-23)28(26,27)17-12-14(20)4-7-16(17)21/h2-7,12H,1,8-11H2,(H,22,25). The number of carbonyl (C=O) groups excluding carboxylic acids is 1. The Morgan fingerprint density at radius 3 is 2.43 bits per heavy atom. The van der Waals surface area contributed by atoms with Crippen molar-refractivity contribution >= 4 is 33.3 Å². The van der Waals surface area contributed by atoms with Gasteiger partial charge in [0.05, 0.1) is 0 Å². The summed E-state index contributed by atoms with van der Waals surface area (Å²) < 4.78 is 53.8. The first-order chi connectivity index (χ1) is 13.3. The van der Waals surface area contributed by atoms with Gasteiger partial charge in [0.25, 0.3) is 0 Å². The molecule has 2 aromatic rings. The number of hydrogen-bond donors (Lipinski definition) is 1. The maximum atomic E-state index is 13.9. The van der Waals surface area contributed by atoms with Crippen LogP contribution < -0.4 is 5.32 Å². The minimum atomic E-state index is -4.21. The number of benzene rings is 2. The summed E-state index contributed by atoms with van der Waals surface area (Å²) in [5.41, 5.74) is 0.560. The lowest BCUT2D eigenvalue weighted by atomic mass is 10.3. The highest BCUT2D eigenvalue weighted by Gasteiger charge is 2.30. The predicted molar refractivity (Wildman–Crippen MR) is 102 cm³/mol. The van der Waals surface area contributed by atoms with Crippen LogP contribution in [0.4, 0.5) is 19.3 Å². The van der Waals surface area contributed by atoms with Gasteiger partial charge in [0, 0.05) is 36.9 Å². The molecule has 2 aromatic carbocycles. The summed E-state index contributed by atoms with van der Waals surface area (Å²) in [5.74, 6) is -1.85. The molecule has 150 valence electrons. The zero-order valence-electron chi connectivity index (χ0n) is 14.7. The smallest absolute Gasteiger partial charge is 0.321 e. The highest BCUT2D eigenvalue weighted by atomic mass is 35.5. The van der Waals surface area contributed by atoms with Crippen molar-refractivity contribution in [3.05, 3.63) is 59.1 Å². The zero-order valence-corrected chi connectivity index (χ0v) is 16.3. The number of carbonyl (C=O) groups is 1. The van der Waals surface area contributed by atoms with Gasteiger partial charge in [-0.25, -0.2) is 22.0 Å². The molecule has 0 spiro atoms. The fourth-order valence-electron chi connectivity index (χ4n) is 2.89. The monoisotopic (exact) mass is 429 g/mol. The summed E-state index contributed by atoms with van der Waals surface area (Å²) in [6.07, 6.45) is 0.365. The van der Waals surface area contributed by atoms with Crippen molar-refractivity contribution in [3.8, 4) is 0 Å². The van der Waals surface area contributed by atoms with E-state index in [0.717, 1.165) is 16.4 Å². The van der Waals surface area contributed by atoms with Crippen molar-refractivity contribution in [1.29, 1.82) is 0 Å². The lowest BCUT2D eigenvalue weighted by Gasteiger charge is -2.22. The van der Waals surface area contributed by atoms with Crippen LogP contribution in [0.25, 0.3) is 0 Å². The second kappa shape index (κ2) is 8.42. The van der Waals surface area contributed by atoms with Crippen LogP contribution in [0.15, 0.2) is 47.4 Å². The molecule has 0 aromatic heterocycles. The first-order valence-corrected chi connectivity index (χ1v) is 10.4. The summed E-state index contributed by atoms with van der Waals surface area (Å²) in [5, 5.41) is 3.26. The number of sulfonamides is 1. The van der Waals surface area contributed by atoms with Gasteiger partial charge in [0.15, 0.2) is 0 Å². The van der Waals surface area contributed by atoms with Crippen LogP contribution in [-0.2, 0) is 10.0 Å². The van der Waals surface area contributed by atoms with Crippen LogP contribution in [-0.4, -0.2) is 49.8 Å². The van der Waals surface area contributed by atoms with Crippen molar-refractivity contribution in [2.45, 2.75) is 11.3 Å². The average molecular weight is 430 g/mol. The molecular formula is C18H18ClF2N3O3S. The fourth-order valence-corrected chi connectivity index (χ4v) is 4.56. The molecule has 6 nitrogen and oxygen atoms in total. The number of hydrogen-bond acceptors (Lipinski definition) is 3. The van der Waals surface area contributed by atoms with Gasteiger partial charge in [0.2, 0.25) is 10.0 Å². The summed E-state index contributed by atoms with van der Waals surface area (Å²) >= 11 is 5.81. The fraction of sp³-hybridized carbons (Fsp3) is 0.278. The Morgan fingerprint density at radius 1 is 1.00 bits per heavy atom. The van der Waals surface area contributed by atoms with E-state index < -0.39 is 26.6 Å². The SMILES string of the molecule is O=C(Nc1ccc(Cl)cc1)N1CCCN(S(=O)(=O)c2cc(F)ccc2F)CC1. The maximum Gasteiger partial charge on any atom is 0.321 e. The molecule has 0 radical (unpaired) electrons. The number of rotatable bonds is 3. The Hall–Kier alpha value is -2.23. The third kappa shape index (κ3) is 4.60. The zero-order chi connectivity index (χ0) is 20.3. The van der Waals surface area contributed by atoms with E-state index in [9.17, 15) is 22.0 Å². The van der Waals surface area contributed by atoms with E-state index in [4.69, 9.17) is 11.6 Å². The molecule has 3 rings (SSSR count). The molecule has 0 bridgehead atoms. The average Bonchev–Trinajstić information content (AvgIpc) is 2.92. The Kier molecular flexibility index (Phi) is 6.17. The molecule has 1 fully saturated rings. The molecule has 2 amide bonds. The molecule has 28 heavy (non-hydrogen) atoms. The number of amides is 2. The molecule has 0 unspecified atom stereocenters. The first-order valence-electron chi connectivity index (χ1n) is 8.54. The minimum absolute atomic E-state index is 0.0215. The molecule has 1 N–H and O–H groups in total. The van der Waals surface area contributed by atoms with Crippen molar-refractivity contribution in [1.82, 2.24) is 9.21 Å². The second-order valence-corrected chi connectivity index (χ2v) is 8.60. The van der Waals surface area contributed by atoms with Gasteiger partial charge in [0.1, 0.15) is 16.5 Å². The van der Waals surface area contributed by atoms with E-state index in [1.165, 1.54) is 4.90 Å². The van der Waals surface area contributed by atoms with Crippen LogP contribution in [0.1, 0.15) is 6.42 Å². The molecule has 1 aliphatic heterocycles. The Balaban J connectivity index is 1.69. The molecule has 0 atom stereocenters. The number of urea groups is 1. The number of halogens is 3. The largest absolute Gasteiger partial charge is 0.323 e. The van der Waals surface area contributed by atoms with E-state index >= 15 is 0 Å². The molecular weight excluding hydrogens is 412 g/mol. The lowest BCUT2D eigenvalue weighted by molar-refractivity contribution is 0.214. The normalized spacial score (nSPS) is 15.9. The van der Waals surface area contributed by atoms with Crippen LogP contribution in [0.2, 0.25) is 5.02 Å². The summed E-state index contributed by atoms with van der Waals surface area (Å²) in [4.78, 5) is 13.2. The van der Waals surface area contributed by atoms with E-state index in [-0.39, 0.29) is 25.7 Å². The first kappa shape index (κ1) is 20.5. The van der Waals surface area contributed by atoms with Crippen LogP contribution >= 0.6 is 11.6 Å². The van der Waals surface area contributed by atoms with Gasteiger partial charge in [-0.1, -0.05) is 11.6 Å². The lowest BCUT2D eigenvalue weighted by Crippen LogP contribution is -2.39. The highest BCUT2D eigenvalue weighted by Crippen LogP contribution is 2.22. The van der Waals surface area contributed by atoms with E-state index in [1.54, 1.807) is 24.3 Å². The van der Waals surface area contributed by atoms with Crippen molar-refractivity contribution < 1.29 is 22.0 Å². The summed E-state index contributed by atoms with van der Waals surface area (Å²) in [6, 6.07) is 8.52. The van der Waals surface area contributed by atoms with Gasteiger partial charge in [-0.2, -0.15) is 4.31 Å². The van der Waals surface area contributed by atoms with Gasteiger partial charge >= 0.3 is 6.03 Å². The Bertz CT molecular complexity index is 971. The van der Waals surface area contributed by atoms with E-state index in [1.807, 2.05) is 0 Å². The highest BCUT2D eigenvalue weighted by molar-refractivity contribution is 7.89. The third-order valence-corrected chi connectivity index (χ3v) is 6.51. The van der Waals surface area contributed by atoms with E-state index in [2.05, 4.69) is 5.32 Å². The van der Waals surface area contributed by atoms with Crippen molar-refractivity contribution in [3.63, 3.8) is 0 Å². The van der Waals surface area contributed by atoms with Crippen molar-refractivity contribution in [2.75, 3.05) is 31.5 Å². The van der Waals surface area contributed by atoms with E-state index in [0.29, 0.717) is 29.7 Å². The summed E-state index contributed by atoms with van der Waals surface area (Å²) in [7, 11) is -4.21. The van der Waals surface area contributed by atoms with Crippen LogP contribution in [0, 0.1) is 11.6 Å². The molecule has 1 saturated heterocycles. The van der Waals surface area contributed by atoms with Crippen LogP contribution in [0.5, 0.6) is 0 Å². The van der Waals surface area contributed by atoms with Crippen LogP contribution in [0.3, 0.4) is 0 Å². The predicted octanol–water partition coefficient (Wildman–Crippen LogP) is 3.55. The molecule has 0 saturated carbocycles. The van der Waals surface area contributed by atoms with Gasteiger partial charge in [-0.3, -0.25) is 0 Å². The topological polar surface area (TPSA) is 69.7 Å². The number of nitrogens with zero attached hydrogens (tertiary/aromatic N) is 2. The maximum absolute atomic E-state index is 13.9. The molecule has 1 aliphatic rings. The molecule has 10 heteroatoms. The number of nitrogens with one attached hydrogen (secondary N) is 1. The van der Waals surface area contributed by atoms with Gasteiger partial charge < -0.3 is 10.2 Å². The minimum Gasteiger partial charge on any atom is -0.323 e. The van der Waals surface area contributed by atoms with Gasteiger partial charge in [-0.15, -0.1) is 0 Å². The van der Waals surface area contributed by atoms with Gasteiger partial charge in [-0.05, 0) is 48.9 Å².